The van der Waals surface area contributed by atoms with Crippen LogP contribution < -0.4 is 5.32 Å². The van der Waals surface area contributed by atoms with Gasteiger partial charge in [-0.05, 0) is 43.3 Å². The van der Waals surface area contributed by atoms with Gasteiger partial charge < -0.3 is 5.32 Å². The van der Waals surface area contributed by atoms with Gasteiger partial charge in [0.05, 0.1) is 10.6 Å². The van der Waals surface area contributed by atoms with Crippen molar-refractivity contribution >= 4 is 27.5 Å². The number of aryl methyl sites for hydroxylation is 1. The summed E-state index contributed by atoms with van der Waals surface area (Å²) in [4.78, 5) is 13.5. The molecule has 0 heterocycles. The number of hydrogen-bond acceptors (Lipinski definition) is 4. The minimum Gasteiger partial charge on any atom is -0.351 e. The fourth-order valence-corrected chi connectivity index (χ4v) is 3.70. The van der Waals surface area contributed by atoms with E-state index in [1.165, 1.54) is 22.6 Å². The molecule has 6 heteroatoms. The third-order valence-corrected chi connectivity index (χ3v) is 6.30. The van der Waals surface area contributed by atoms with Crippen molar-refractivity contribution in [3.8, 4) is 0 Å². The summed E-state index contributed by atoms with van der Waals surface area (Å²) in [6.45, 7) is 4.19. The minimum atomic E-state index is -3.23. The monoisotopic (exact) mass is 363 g/mol. The maximum atomic E-state index is 12.1. The molecule has 0 saturated carbocycles. The Labute approximate surface area is 147 Å². The van der Waals surface area contributed by atoms with Crippen molar-refractivity contribution in [2.75, 3.05) is 18.1 Å². The molecular formula is C18H21NO3S2. The Hall–Kier alpha value is -1.79. The predicted molar refractivity (Wildman–Crippen MR) is 98.4 cm³/mol. The first kappa shape index (κ1) is 18.5. The number of carbonyl (C=O) groups excluding carboxylic acids is 1. The molecule has 2 aromatic rings. The Balaban J connectivity index is 1.83. The highest BCUT2D eigenvalue weighted by Gasteiger charge is 2.12. The lowest BCUT2D eigenvalue weighted by molar-refractivity contribution is 0.0956. The number of rotatable bonds is 7. The third kappa shape index (κ3) is 5.11. The summed E-state index contributed by atoms with van der Waals surface area (Å²) >= 11 is 1.68. The molecule has 0 radical (unpaired) electrons. The molecule has 0 saturated heterocycles. The van der Waals surface area contributed by atoms with E-state index in [4.69, 9.17) is 0 Å². The Morgan fingerprint density at radius 3 is 2.25 bits per heavy atom. The standard InChI is InChI=1S/C18H21NO3S2/c1-3-24(21,22)17-10-6-15(7-11-17)18(20)19-12-13-23-16-8-4-14(2)5-9-16/h4-11H,3,12-13H2,1-2H3,(H,19,20). The number of sulfone groups is 1. The first-order valence-corrected chi connectivity index (χ1v) is 10.4. The van der Waals surface area contributed by atoms with Gasteiger partial charge in [-0.2, -0.15) is 0 Å². The molecule has 1 amide bonds. The Kier molecular flexibility index (Phi) is 6.45. The number of thioether (sulfide) groups is 1. The second-order valence-corrected chi connectivity index (χ2v) is 8.79. The first-order chi connectivity index (χ1) is 11.4. The van der Waals surface area contributed by atoms with Gasteiger partial charge >= 0.3 is 0 Å². The first-order valence-electron chi connectivity index (χ1n) is 7.73. The summed E-state index contributed by atoms with van der Waals surface area (Å²) in [6, 6.07) is 14.3. The van der Waals surface area contributed by atoms with Crippen LogP contribution in [0.1, 0.15) is 22.8 Å². The van der Waals surface area contributed by atoms with Crippen LogP contribution in [-0.2, 0) is 9.84 Å². The van der Waals surface area contributed by atoms with E-state index in [2.05, 4.69) is 29.6 Å². The molecular weight excluding hydrogens is 342 g/mol. The second kappa shape index (κ2) is 8.35. The van der Waals surface area contributed by atoms with Gasteiger partial charge in [0.15, 0.2) is 9.84 Å². The molecule has 0 aliphatic heterocycles. The molecule has 0 aliphatic rings. The van der Waals surface area contributed by atoms with Crippen LogP contribution in [0.15, 0.2) is 58.3 Å². The summed E-state index contributed by atoms with van der Waals surface area (Å²) in [5.41, 5.74) is 1.69. The molecule has 2 rings (SSSR count). The minimum absolute atomic E-state index is 0.0504. The molecule has 0 unspecified atom stereocenters. The van der Waals surface area contributed by atoms with Crippen LogP contribution in [0.3, 0.4) is 0 Å². The highest BCUT2D eigenvalue weighted by atomic mass is 32.2. The lowest BCUT2D eigenvalue weighted by Crippen LogP contribution is -2.25. The summed E-state index contributed by atoms with van der Waals surface area (Å²) < 4.78 is 23.5. The summed E-state index contributed by atoms with van der Waals surface area (Å²) in [6.07, 6.45) is 0. The van der Waals surface area contributed by atoms with Crippen LogP contribution in [0.5, 0.6) is 0 Å². The van der Waals surface area contributed by atoms with Gasteiger partial charge in [0.1, 0.15) is 0 Å². The summed E-state index contributed by atoms with van der Waals surface area (Å²) in [7, 11) is -3.23. The third-order valence-electron chi connectivity index (χ3n) is 3.53. The van der Waals surface area contributed by atoms with Crippen LogP contribution in [-0.4, -0.2) is 32.4 Å². The fourth-order valence-electron chi connectivity index (χ4n) is 2.05. The normalized spacial score (nSPS) is 11.2. The van der Waals surface area contributed by atoms with E-state index in [-0.39, 0.29) is 16.6 Å². The van der Waals surface area contributed by atoms with Gasteiger partial charge in [-0.3, -0.25) is 4.79 Å². The fraction of sp³-hybridized carbons (Fsp3) is 0.278. The van der Waals surface area contributed by atoms with Crippen molar-refractivity contribution in [3.05, 3.63) is 59.7 Å². The number of benzene rings is 2. The molecule has 0 aliphatic carbocycles. The van der Waals surface area contributed by atoms with Crippen molar-refractivity contribution in [2.24, 2.45) is 0 Å². The zero-order valence-electron chi connectivity index (χ0n) is 13.8. The lowest BCUT2D eigenvalue weighted by Gasteiger charge is -2.07. The van der Waals surface area contributed by atoms with Crippen LogP contribution in [0, 0.1) is 6.92 Å². The average molecular weight is 364 g/mol. The largest absolute Gasteiger partial charge is 0.351 e. The number of amides is 1. The van der Waals surface area contributed by atoms with E-state index < -0.39 is 9.84 Å². The van der Waals surface area contributed by atoms with E-state index in [0.29, 0.717) is 12.1 Å². The van der Waals surface area contributed by atoms with Gasteiger partial charge in [-0.1, -0.05) is 24.6 Å². The number of nitrogens with one attached hydrogen (secondary N) is 1. The van der Waals surface area contributed by atoms with Crippen molar-refractivity contribution < 1.29 is 13.2 Å². The number of hydrogen-bond donors (Lipinski definition) is 1. The van der Waals surface area contributed by atoms with Crippen LogP contribution >= 0.6 is 11.8 Å². The van der Waals surface area contributed by atoms with Crippen molar-refractivity contribution in [3.63, 3.8) is 0 Å². The van der Waals surface area contributed by atoms with E-state index in [0.717, 1.165) is 5.75 Å². The molecule has 128 valence electrons. The van der Waals surface area contributed by atoms with Gasteiger partial charge in [0.2, 0.25) is 0 Å². The highest BCUT2D eigenvalue weighted by molar-refractivity contribution is 7.99. The smallest absolute Gasteiger partial charge is 0.251 e. The Bertz CT molecular complexity index is 782. The van der Waals surface area contributed by atoms with E-state index in [1.807, 2.05) is 6.92 Å². The van der Waals surface area contributed by atoms with E-state index in [1.54, 1.807) is 30.8 Å². The molecule has 0 spiro atoms. The average Bonchev–Trinajstić information content (AvgIpc) is 2.60. The van der Waals surface area contributed by atoms with Gasteiger partial charge in [-0.25, -0.2) is 8.42 Å². The quantitative estimate of drug-likeness (QED) is 0.605. The number of carbonyl (C=O) groups is 1. The molecule has 0 bridgehead atoms. The Morgan fingerprint density at radius 1 is 1.04 bits per heavy atom. The van der Waals surface area contributed by atoms with E-state index >= 15 is 0 Å². The topological polar surface area (TPSA) is 63.2 Å². The molecule has 0 atom stereocenters. The van der Waals surface area contributed by atoms with Gasteiger partial charge in [0, 0.05) is 22.8 Å². The maximum absolute atomic E-state index is 12.1. The van der Waals surface area contributed by atoms with Gasteiger partial charge in [-0.15, -0.1) is 11.8 Å². The lowest BCUT2D eigenvalue weighted by atomic mass is 10.2. The molecule has 4 nitrogen and oxygen atoms in total. The van der Waals surface area contributed by atoms with Crippen LogP contribution in [0.4, 0.5) is 0 Å². The van der Waals surface area contributed by atoms with Crippen molar-refractivity contribution in [2.45, 2.75) is 23.6 Å². The van der Waals surface area contributed by atoms with Crippen LogP contribution in [0.2, 0.25) is 0 Å². The van der Waals surface area contributed by atoms with E-state index in [9.17, 15) is 13.2 Å². The van der Waals surface area contributed by atoms with Crippen molar-refractivity contribution in [1.29, 1.82) is 0 Å². The summed E-state index contributed by atoms with van der Waals surface area (Å²) in [5, 5.41) is 2.84. The zero-order chi connectivity index (χ0) is 17.6. The molecule has 1 N–H and O–H groups in total. The highest BCUT2D eigenvalue weighted by Crippen LogP contribution is 2.17. The molecule has 0 aromatic heterocycles. The second-order valence-electron chi connectivity index (χ2n) is 5.35. The molecule has 2 aromatic carbocycles. The van der Waals surface area contributed by atoms with Gasteiger partial charge in [0.25, 0.3) is 5.91 Å². The maximum Gasteiger partial charge on any atom is 0.251 e. The SMILES string of the molecule is CCS(=O)(=O)c1ccc(C(=O)NCCSc2ccc(C)cc2)cc1. The predicted octanol–water partition coefficient (Wildman–Crippen LogP) is 3.31. The zero-order valence-corrected chi connectivity index (χ0v) is 15.4. The Morgan fingerprint density at radius 2 is 1.67 bits per heavy atom. The molecule has 24 heavy (non-hydrogen) atoms. The summed E-state index contributed by atoms with van der Waals surface area (Å²) in [5.74, 6) is 0.631. The molecule has 0 fully saturated rings. The van der Waals surface area contributed by atoms with Crippen LogP contribution in [0.25, 0.3) is 0 Å². The van der Waals surface area contributed by atoms with Crippen molar-refractivity contribution in [1.82, 2.24) is 5.32 Å².